The minimum absolute atomic E-state index is 0.102. The van der Waals surface area contributed by atoms with Gasteiger partial charge in [-0.05, 0) is 61.7 Å². The minimum atomic E-state index is -0.335. The van der Waals surface area contributed by atoms with E-state index < -0.39 is 0 Å². The van der Waals surface area contributed by atoms with Gasteiger partial charge in [0.15, 0.2) is 11.0 Å². The molecule has 0 saturated carbocycles. The van der Waals surface area contributed by atoms with E-state index in [1.165, 1.54) is 17.8 Å². The van der Waals surface area contributed by atoms with E-state index in [1.807, 2.05) is 64.9 Å². The van der Waals surface area contributed by atoms with E-state index in [1.54, 1.807) is 18.2 Å². The van der Waals surface area contributed by atoms with Crippen molar-refractivity contribution in [3.63, 3.8) is 0 Å². The van der Waals surface area contributed by atoms with E-state index >= 15 is 0 Å². The smallest absolute Gasteiger partial charge is 0.253 e. The number of hydrogen-bond acceptors (Lipinski definition) is 4. The number of rotatable bonds is 6. The van der Waals surface area contributed by atoms with Gasteiger partial charge < -0.3 is 4.90 Å². The molecule has 3 aromatic carbocycles. The van der Waals surface area contributed by atoms with Crippen molar-refractivity contribution in [3.8, 4) is 17.1 Å². The third kappa shape index (κ3) is 4.61. The predicted molar refractivity (Wildman–Crippen MR) is 133 cm³/mol. The first-order chi connectivity index (χ1) is 16.6. The molecule has 1 fully saturated rings. The zero-order valence-electron chi connectivity index (χ0n) is 18.9. The van der Waals surface area contributed by atoms with E-state index in [0.717, 1.165) is 48.3 Å². The highest BCUT2D eigenvalue weighted by atomic mass is 32.2. The molecule has 34 heavy (non-hydrogen) atoms. The van der Waals surface area contributed by atoms with Crippen LogP contribution in [0.15, 0.2) is 78.0 Å². The summed E-state index contributed by atoms with van der Waals surface area (Å²) in [5, 5.41) is 9.42. The maximum atomic E-state index is 14.6. The highest BCUT2D eigenvalue weighted by molar-refractivity contribution is 7.98. The number of benzene rings is 3. The Kier molecular flexibility index (Phi) is 6.45. The summed E-state index contributed by atoms with van der Waals surface area (Å²) < 4.78 is 16.5. The molecule has 0 N–H and O–H groups in total. The Morgan fingerprint density at radius 3 is 2.35 bits per heavy atom. The molecule has 5 nitrogen and oxygen atoms in total. The molecular formula is C27H25FN4OS. The minimum Gasteiger partial charge on any atom is -0.339 e. The lowest BCUT2D eigenvalue weighted by molar-refractivity contribution is 0.0793. The van der Waals surface area contributed by atoms with Crippen LogP contribution in [0.4, 0.5) is 4.39 Å². The molecule has 1 saturated heterocycles. The molecule has 1 aliphatic rings. The lowest BCUT2D eigenvalue weighted by atomic mass is 10.1. The van der Waals surface area contributed by atoms with Gasteiger partial charge in [-0.1, -0.05) is 53.7 Å². The summed E-state index contributed by atoms with van der Waals surface area (Å²) in [5.74, 6) is 0.888. The second-order valence-electron chi connectivity index (χ2n) is 8.44. The van der Waals surface area contributed by atoms with Gasteiger partial charge in [-0.15, -0.1) is 10.2 Å². The molecule has 1 aliphatic heterocycles. The molecule has 0 aliphatic carbocycles. The van der Waals surface area contributed by atoms with Gasteiger partial charge in [0.25, 0.3) is 5.91 Å². The Morgan fingerprint density at radius 2 is 1.65 bits per heavy atom. The monoisotopic (exact) mass is 472 g/mol. The van der Waals surface area contributed by atoms with Crippen LogP contribution in [0.3, 0.4) is 0 Å². The van der Waals surface area contributed by atoms with Crippen LogP contribution in [0, 0.1) is 12.7 Å². The van der Waals surface area contributed by atoms with Crippen molar-refractivity contribution in [1.29, 1.82) is 0 Å². The fourth-order valence-corrected chi connectivity index (χ4v) is 5.01. The first-order valence-electron chi connectivity index (χ1n) is 11.4. The van der Waals surface area contributed by atoms with Crippen LogP contribution in [0.1, 0.15) is 34.3 Å². The molecule has 1 aromatic heterocycles. The van der Waals surface area contributed by atoms with Crippen molar-refractivity contribution < 1.29 is 9.18 Å². The van der Waals surface area contributed by atoms with Gasteiger partial charge in [0, 0.05) is 30.1 Å². The van der Waals surface area contributed by atoms with Gasteiger partial charge in [0.2, 0.25) is 0 Å². The summed E-state index contributed by atoms with van der Waals surface area (Å²) in [7, 11) is 0. The number of thioether (sulfide) groups is 1. The quantitative estimate of drug-likeness (QED) is 0.327. The van der Waals surface area contributed by atoms with Gasteiger partial charge in [-0.25, -0.2) is 4.39 Å². The van der Waals surface area contributed by atoms with Crippen LogP contribution in [-0.2, 0) is 5.75 Å². The summed E-state index contributed by atoms with van der Waals surface area (Å²) in [6, 6.07) is 22.4. The average molecular weight is 473 g/mol. The second-order valence-corrected chi connectivity index (χ2v) is 9.38. The number of aryl methyl sites for hydroxylation is 1. The number of amides is 1. The van der Waals surface area contributed by atoms with Crippen LogP contribution in [0.25, 0.3) is 17.1 Å². The Labute approximate surface area is 202 Å². The fraction of sp³-hybridized carbons (Fsp3) is 0.222. The molecule has 2 heterocycles. The maximum Gasteiger partial charge on any atom is 0.253 e. The van der Waals surface area contributed by atoms with Crippen LogP contribution in [0.5, 0.6) is 0 Å². The lowest BCUT2D eigenvalue weighted by Gasteiger charge is -2.15. The topological polar surface area (TPSA) is 51.0 Å². The standard InChI is InChI=1S/C27H25FN4OS/c1-19-8-14-22(15-9-19)32-25(23-6-2-3-7-24(23)28)29-30-27(32)34-18-20-10-12-21(13-11-20)26(33)31-16-4-5-17-31/h2-3,6-15H,4-5,16-18H2,1H3. The highest BCUT2D eigenvalue weighted by Crippen LogP contribution is 2.31. The zero-order valence-corrected chi connectivity index (χ0v) is 19.8. The third-order valence-corrected chi connectivity index (χ3v) is 7.00. The largest absolute Gasteiger partial charge is 0.339 e. The van der Waals surface area contributed by atoms with Gasteiger partial charge in [0.1, 0.15) is 5.82 Å². The molecular weight excluding hydrogens is 447 g/mol. The Morgan fingerprint density at radius 1 is 0.941 bits per heavy atom. The second kappa shape index (κ2) is 9.81. The molecule has 0 unspecified atom stereocenters. The SMILES string of the molecule is Cc1ccc(-n2c(SCc3ccc(C(=O)N4CCCC4)cc3)nnc2-c2ccccc2F)cc1. The van der Waals surface area contributed by atoms with E-state index in [-0.39, 0.29) is 11.7 Å². The van der Waals surface area contributed by atoms with Crippen LogP contribution < -0.4 is 0 Å². The van der Waals surface area contributed by atoms with Gasteiger partial charge >= 0.3 is 0 Å². The summed E-state index contributed by atoms with van der Waals surface area (Å²) in [6.45, 7) is 3.71. The van der Waals surface area contributed by atoms with Gasteiger partial charge in [-0.2, -0.15) is 0 Å². The summed E-state index contributed by atoms with van der Waals surface area (Å²) >= 11 is 1.53. The molecule has 7 heteroatoms. The Hall–Kier alpha value is -3.45. The van der Waals surface area contributed by atoms with Crippen LogP contribution in [0.2, 0.25) is 0 Å². The van der Waals surface area contributed by atoms with Crippen LogP contribution >= 0.6 is 11.8 Å². The number of aromatic nitrogens is 3. The van der Waals surface area contributed by atoms with Crippen LogP contribution in [-0.4, -0.2) is 38.7 Å². The Bertz CT molecular complexity index is 1300. The van der Waals surface area contributed by atoms with Crippen molar-refractivity contribution in [2.75, 3.05) is 13.1 Å². The molecule has 0 radical (unpaired) electrons. The number of nitrogens with zero attached hydrogens (tertiary/aromatic N) is 4. The third-order valence-electron chi connectivity index (χ3n) is 6.00. The molecule has 5 rings (SSSR count). The molecule has 172 valence electrons. The molecule has 0 spiro atoms. The normalized spacial score (nSPS) is 13.4. The number of hydrogen-bond donors (Lipinski definition) is 0. The van der Waals surface area contributed by atoms with Crippen molar-refractivity contribution in [3.05, 3.63) is 95.3 Å². The van der Waals surface area contributed by atoms with E-state index in [4.69, 9.17) is 0 Å². The fourth-order valence-electron chi connectivity index (χ4n) is 4.10. The highest BCUT2D eigenvalue weighted by Gasteiger charge is 2.20. The summed E-state index contributed by atoms with van der Waals surface area (Å²) in [5.41, 5.74) is 4.23. The zero-order chi connectivity index (χ0) is 23.5. The maximum absolute atomic E-state index is 14.6. The average Bonchev–Trinajstić information content (AvgIpc) is 3.54. The van der Waals surface area contributed by atoms with Gasteiger partial charge in [-0.3, -0.25) is 9.36 Å². The van der Waals surface area contributed by atoms with Crippen molar-refractivity contribution in [2.24, 2.45) is 0 Å². The number of carbonyl (C=O) groups is 1. The van der Waals surface area contributed by atoms with E-state index in [2.05, 4.69) is 10.2 Å². The number of carbonyl (C=O) groups excluding carboxylic acids is 1. The first-order valence-corrected chi connectivity index (χ1v) is 12.4. The van der Waals surface area contributed by atoms with Crippen molar-refractivity contribution >= 4 is 17.7 Å². The lowest BCUT2D eigenvalue weighted by Crippen LogP contribution is -2.27. The predicted octanol–water partition coefficient (Wildman–Crippen LogP) is 5.91. The van der Waals surface area contributed by atoms with E-state index in [9.17, 15) is 9.18 Å². The van der Waals surface area contributed by atoms with E-state index in [0.29, 0.717) is 22.3 Å². The molecule has 0 bridgehead atoms. The first kappa shape index (κ1) is 22.3. The number of halogens is 1. The van der Waals surface area contributed by atoms with Crippen molar-refractivity contribution in [1.82, 2.24) is 19.7 Å². The Balaban J connectivity index is 1.40. The summed E-state index contributed by atoms with van der Waals surface area (Å²) in [4.78, 5) is 14.5. The molecule has 1 amide bonds. The summed E-state index contributed by atoms with van der Waals surface area (Å²) in [6.07, 6.45) is 2.16. The van der Waals surface area contributed by atoms with Gasteiger partial charge in [0.05, 0.1) is 5.56 Å². The molecule has 0 atom stereocenters. The number of likely N-dealkylation sites (tertiary alicyclic amines) is 1. The molecule has 4 aromatic rings. The van der Waals surface area contributed by atoms with Crippen molar-refractivity contribution in [2.45, 2.75) is 30.7 Å².